The molecule has 2 fully saturated rings. The molecule has 0 aliphatic carbocycles. The number of esters is 1. The number of nitrogens with zero attached hydrogens (tertiary/aromatic N) is 2. The van der Waals surface area contributed by atoms with Crippen molar-refractivity contribution in [3.63, 3.8) is 0 Å². The first-order valence-corrected chi connectivity index (χ1v) is 19.1. The fraction of sp³-hybridized carbons (Fsp3) is 0.659. The molecule has 13 nitrogen and oxygen atoms in total. The number of aliphatic hydroxyl groups is 3. The molecule has 300 valence electrons. The largest absolute Gasteiger partial charge is 0.459 e. The Morgan fingerprint density at radius 3 is 2.41 bits per heavy atom. The molecule has 0 spiro atoms. The molecule has 1 aromatic heterocycles. The Labute approximate surface area is 319 Å². The highest BCUT2D eigenvalue weighted by Gasteiger charge is 2.51. The number of ether oxygens (including phenoxy) is 4. The lowest BCUT2D eigenvalue weighted by Gasteiger charge is -2.47. The lowest BCUT2D eigenvalue weighted by atomic mass is 9.79. The van der Waals surface area contributed by atoms with E-state index in [1.807, 2.05) is 68.4 Å². The summed E-state index contributed by atoms with van der Waals surface area (Å²) in [7, 11) is 3.72. The van der Waals surface area contributed by atoms with Crippen molar-refractivity contribution in [2.75, 3.05) is 20.7 Å². The summed E-state index contributed by atoms with van der Waals surface area (Å²) in [6.45, 7) is 13.0. The van der Waals surface area contributed by atoms with Crippen molar-refractivity contribution in [1.29, 1.82) is 0 Å². The van der Waals surface area contributed by atoms with Gasteiger partial charge in [-0.2, -0.15) is 0 Å². The molecule has 0 unspecified atom stereocenters. The van der Waals surface area contributed by atoms with Crippen molar-refractivity contribution in [2.24, 2.45) is 17.8 Å². The van der Waals surface area contributed by atoms with Gasteiger partial charge in [-0.15, -0.1) is 0 Å². The fourth-order valence-corrected chi connectivity index (χ4v) is 7.84. The van der Waals surface area contributed by atoms with Crippen LogP contribution < -0.4 is 5.32 Å². The second kappa shape index (κ2) is 18.1. The number of carbonyl (C=O) groups is 3. The Hall–Kier alpha value is -3.30. The zero-order valence-corrected chi connectivity index (χ0v) is 33.4. The van der Waals surface area contributed by atoms with Crippen LogP contribution in [-0.4, -0.2) is 124 Å². The summed E-state index contributed by atoms with van der Waals surface area (Å²) in [5, 5.41) is 38.1. The second-order valence-electron chi connectivity index (χ2n) is 15.9. The van der Waals surface area contributed by atoms with Gasteiger partial charge in [0.05, 0.1) is 42.0 Å². The molecule has 1 amide bonds. The molecule has 13 heteroatoms. The van der Waals surface area contributed by atoms with Crippen LogP contribution in [0.1, 0.15) is 80.2 Å². The molecule has 2 aliphatic heterocycles. The summed E-state index contributed by atoms with van der Waals surface area (Å²) in [6.07, 6.45) is -0.251. The molecule has 0 radical (unpaired) electrons. The van der Waals surface area contributed by atoms with Crippen LogP contribution in [0.4, 0.5) is 0 Å². The summed E-state index contributed by atoms with van der Waals surface area (Å²) in [6, 6.07) is 8.89. The van der Waals surface area contributed by atoms with Crippen LogP contribution in [0.3, 0.4) is 0 Å². The van der Waals surface area contributed by atoms with Gasteiger partial charge in [-0.05, 0) is 85.7 Å². The highest BCUT2D eigenvalue weighted by molar-refractivity contribution is 6.00. The first-order valence-electron chi connectivity index (χ1n) is 19.1. The van der Waals surface area contributed by atoms with E-state index in [-0.39, 0.29) is 31.6 Å². The second-order valence-corrected chi connectivity index (χ2v) is 15.9. The number of likely N-dealkylation sites (N-methyl/N-ethyl adjacent to an activating group) is 1. The van der Waals surface area contributed by atoms with Gasteiger partial charge in [0.1, 0.15) is 23.7 Å². The zero-order valence-electron chi connectivity index (χ0n) is 33.4. The normalized spacial score (nSPS) is 37.9. The van der Waals surface area contributed by atoms with Crippen molar-refractivity contribution in [2.45, 2.75) is 135 Å². The molecule has 13 atom stereocenters. The average Bonchev–Trinajstić information content (AvgIpc) is 3.13. The molecule has 0 bridgehead atoms. The van der Waals surface area contributed by atoms with Crippen LogP contribution in [0.25, 0.3) is 17.0 Å². The fourth-order valence-electron chi connectivity index (χ4n) is 7.84. The maximum Gasteiger partial charge on any atom is 0.316 e. The lowest BCUT2D eigenvalue weighted by molar-refractivity contribution is -0.296. The van der Waals surface area contributed by atoms with Gasteiger partial charge in [0.2, 0.25) is 5.91 Å². The van der Waals surface area contributed by atoms with E-state index in [4.69, 9.17) is 18.9 Å². The smallest absolute Gasteiger partial charge is 0.316 e. The van der Waals surface area contributed by atoms with E-state index in [1.54, 1.807) is 33.9 Å². The quantitative estimate of drug-likeness (QED) is 0.228. The van der Waals surface area contributed by atoms with Gasteiger partial charge < -0.3 is 44.5 Å². The van der Waals surface area contributed by atoms with Crippen LogP contribution >= 0.6 is 0 Å². The number of hydrogen-bond acceptors (Lipinski definition) is 12. The summed E-state index contributed by atoms with van der Waals surface area (Å²) >= 11 is 0. The maximum absolute atomic E-state index is 14.3. The lowest BCUT2D eigenvalue weighted by Crippen LogP contribution is -2.60. The SMILES string of the molecule is CC[C@H]1OC(=O)[C@H](C)C(=O)[C@H](C)[C@@H](O[C@@H]2O[C@H](C)C[C@H](N(C)C)[C@H]2O)[C@](C)(OC/C=C/c2cnc3ccccc3c2)C[C@@H](C)NC(=O)[C@H](C)[C@@H](O)[C@]1(C)O. The molecular formula is C41H61N3O10. The van der Waals surface area contributed by atoms with Crippen molar-refractivity contribution in [3.05, 3.63) is 48.2 Å². The number of cyclic esters (lactones) is 1. The van der Waals surface area contributed by atoms with E-state index >= 15 is 0 Å². The van der Waals surface area contributed by atoms with Gasteiger partial charge >= 0.3 is 5.97 Å². The molecule has 1 aromatic carbocycles. The van der Waals surface area contributed by atoms with Crippen LogP contribution in [0, 0.1) is 17.8 Å². The standard InChI is InChI=1S/C41H61N3O10/c1-11-32-41(8,50)35(47)27(6)37(48)43-23(2)21-40(7,51-18-14-15-28-20-29-16-12-13-17-30(29)42-22-28)36(25(4)33(45)26(5)38(49)53-32)54-39-34(46)31(44(9)10)19-24(3)52-39/h12-17,20,22-27,31-32,34-36,39,46-47,50H,11,18-19,21H2,1-10H3,(H,43,48)/b15-14+/t23-,24-,25+,26-,27-,31+,32-,34-,35-,36-,39+,40-,41-/m1/s1. The number of pyridine rings is 1. The number of Topliss-reactive ketones (excluding diaryl/α,β-unsaturated/α-hetero) is 1. The average molecular weight is 756 g/mol. The number of aromatic nitrogens is 1. The third-order valence-electron chi connectivity index (χ3n) is 11.1. The number of para-hydroxylation sites is 1. The van der Waals surface area contributed by atoms with Crippen LogP contribution in [0.15, 0.2) is 42.6 Å². The van der Waals surface area contributed by atoms with E-state index in [2.05, 4.69) is 10.3 Å². The molecule has 2 saturated heterocycles. The first-order chi connectivity index (χ1) is 25.3. The topological polar surface area (TPSA) is 177 Å². The number of benzene rings is 1. The number of hydrogen-bond donors (Lipinski definition) is 4. The molecule has 4 N–H and O–H groups in total. The van der Waals surface area contributed by atoms with E-state index in [9.17, 15) is 29.7 Å². The molecule has 2 aliphatic rings. The minimum Gasteiger partial charge on any atom is -0.459 e. The van der Waals surface area contributed by atoms with Gasteiger partial charge in [0, 0.05) is 29.6 Å². The monoisotopic (exact) mass is 755 g/mol. The Morgan fingerprint density at radius 2 is 1.74 bits per heavy atom. The predicted molar refractivity (Wildman–Crippen MR) is 204 cm³/mol. The van der Waals surface area contributed by atoms with E-state index in [1.165, 1.54) is 20.8 Å². The predicted octanol–water partition coefficient (Wildman–Crippen LogP) is 3.65. The Morgan fingerprint density at radius 1 is 1.06 bits per heavy atom. The first kappa shape index (κ1) is 43.4. The molecule has 0 saturated carbocycles. The van der Waals surface area contributed by atoms with Gasteiger partial charge in [0.15, 0.2) is 12.1 Å². The molecular weight excluding hydrogens is 694 g/mol. The minimum atomic E-state index is -2.01. The number of ketones is 1. The zero-order chi connectivity index (χ0) is 40.1. The van der Waals surface area contributed by atoms with Gasteiger partial charge in [0.25, 0.3) is 0 Å². The van der Waals surface area contributed by atoms with Gasteiger partial charge in [-0.3, -0.25) is 19.4 Å². The summed E-state index contributed by atoms with van der Waals surface area (Å²) in [4.78, 5) is 48.0. The maximum atomic E-state index is 14.3. The Bertz CT molecular complexity index is 1630. The van der Waals surface area contributed by atoms with Gasteiger partial charge in [-0.1, -0.05) is 51.1 Å². The number of rotatable bonds is 8. The summed E-state index contributed by atoms with van der Waals surface area (Å²) in [5.41, 5.74) is -1.63. The van der Waals surface area contributed by atoms with Crippen LogP contribution in [0.2, 0.25) is 0 Å². The summed E-state index contributed by atoms with van der Waals surface area (Å²) < 4.78 is 25.2. The van der Waals surface area contributed by atoms with Crippen LogP contribution in [0.5, 0.6) is 0 Å². The third kappa shape index (κ3) is 9.92. The number of aliphatic hydroxyl groups excluding tert-OH is 2. The van der Waals surface area contributed by atoms with E-state index < -0.39 is 83.4 Å². The molecule has 54 heavy (non-hydrogen) atoms. The highest BCUT2D eigenvalue weighted by atomic mass is 16.7. The van der Waals surface area contributed by atoms with Crippen molar-refractivity contribution in [1.82, 2.24) is 15.2 Å². The molecule has 3 heterocycles. The number of amides is 1. The van der Waals surface area contributed by atoms with Crippen LogP contribution in [-0.2, 0) is 33.3 Å². The molecule has 4 rings (SSSR count). The summed E-state index contributed by atoms with van der Waals surface area (Å²) in [5.74, 6) is -5.38. The molecule has 2 aromatic rings. The van der Waals surface area contributed by atoms with E-state index in [0.717, 1.165) is 16.5 Å². The third-order valence-corrected chi connectivity index (χ3v) is 11.1. The number of fused-ring (bicyclic) bond motifs is 1. The minimum absolute atomic E-state index is 0.0589. The number of nitrogens with one attached hydrogen (secondary N) is 1. The number of carbonyl (C=O) groups excluding carboxylic acids is 3. The van der Waals surface area contributed by atoms with Gasteiger partial charge in [-0.25, -0.2) is 0 Å². The van der Waals surface area contributed by atoms with Crippen molar-refractivity contribution >= 4 is 34.6 Å². The van der Waals surface area contributed by atoms with Crippen molar-refractivity contribution in [3.8, 4) is 0 Å². The highest BCUT2D eigenvalue weighted by Crippen LogP contribution is 2.36. The van der Waals surface area contributed by atoms with E-state index in [0.29, 0.717) is 6.42 Å². The Balaban J connectivity index is 1.77. The van der Waals surface area contributed by atoms with Crippen molar-refractivity contribution < 1.29 is 48.7 Å². The Kier molecular flexibility index (Phi) is 14.6.